The van der Waals surface area contributed by atoms with Gasteiger partial charge in [0.1, 0.15) is 5.75 Å². The van der Waals surface area contributed by atoms with Crippen LogP contribution in [0.1, 0.15) is 28.4 Å². The van der Waals surface area contributed by atoms with E-state index in [1.807, 2.05) is 0 Å². The van der Waals surface area contributed by atoms with Gasteiger partial charge >= 0.3 is 11.9 Å². The molecule has 1 aliphatic heterocycles. The van der Waals surface area contributed by atoms with E-state index in [1.54, 1.807) is 73.7 Å². The fourth-order valence-electron chi connectivity index (χ4n) is 3.24. The van der Waals surface area contributed by atoms with Crippen molar-refractivity contribution < 1.29 is 28.5 Å². The predicted octanol–water partition coefficient (Wildman–Crippen LogP) is 5.96. The maximum atomic E-state index is 12.5. The van der Waals surface area contributed by atoms with Gasteiger partial charge in [0, 0.05) is 10.0 Å². The van der Waals surface area contributed by atoms with Gasteiger partial charge in [0.05, 0.1) is 24.8 Å². The molecule has 3 aromatic rings. The molecule has 0 radical (unpaired) electrons. The average molecular weight is 512 g/mol. The Bertz CT molecular complexity index is 1350. The summed E-state index contributed by atoms with van der Waals surface area (Å²) < 4.78 is 21.8. The van der Waals surface area contributed by atoms with Crippen LogP contribution in [-0.4, -0.2) is 31.6 Å². The van der Waals surface area contributed by atoms with Gasteiger partial charge in [-0.1, -0.05) is 29.3 Å². The minimum absolute atomic E-state index is 0.0791. The summed E-state index contributed by atoms with van der Waals surface area (Å²) in [7, 11) is 1.50. The van der Waals surface area contributed by atoms with Crippen LogP contribution in [0.3, 0.4) is 0 Å². The van der Waals surface area contributed by atoms with Gasteiger partial charge in [0.15, 0.2) is 17.2 Å². The molecule has 4 rings (SSSR count). The molecule has 0 aliphatic carbocycles. The highest BCUT2D eigenvalue weighted by Crippen LogP contribution is 2.32. The number of esters is 2. The molecule has 0 aromatic heterocycles. The maximum Gasteiger partial charge on any atom is 0.363 e. The van der Waals surface area contributed by atoms with E-state index in [0.717, 1.165) is 0 Å². The minimum Gasteiger partial charge on any atom is -0.496 e. The van der Waals surface area contributed by atoms with Crippen molar-refractivity contribution in [3.05, 3.63) is 93.1 Å². The van der Waals surface area contributed by atoms with Crippen molar-refractivity contribution in [1.29, 1.82) is 0 Å². The topological polar surface area (TPSA) is 83.4 Å². The van der Waals surface area contributed by atoms with Crippen LogP contribution in [0.2, 0.25) is 10.0 Å². The SMILES string of the molecule is CCOc1cc(/C=C2\N=C(c3cc(Cl)ccc3OC)OC2=O)ccc1OC(=O)c1ccc(Cl)cc1. The van der Waals surface area contributed by atoms with Crippen LogP contribution >= 0.6 is 23.2 Å². The zero-order valence-corrected chi connectivity index (χ0v) is 20.2. The predicted molar refractivity (Wildman–Crippen MR) is 133 cm³/mol. The van der Waals surface area contributed by atoms with Crippen LogP contribution < -0.4 is 14.2 Å². The van der Waals surface area contributed by atoms with Gasteiger partial charge in [-0.2, -0.15) is 0 Å². The number of cyclic esters (lactones) is 1. The number of ether oxygens (including phenoxy) is 4. The minimum atomic E-state index is -0.627. The summed E-state index contributed by atoms with van der Waals surface area (Å²) in [6.45, 7) is 2.14. The third-order valence-electron chi connectivity index (χ3n) is 4.87. The Morgan fingerprint density at radius 3 is 2.40 bits per heavy atom. The second-order valence-electron chi connectivity index (χ2n) is 7.22. The summed E-state index contributed by atoms with van der Waals surface area (Å²) in [6, 6.07) is 16.2. The lowest BCUT2D eigenvalue weighted by Gasteiger charge is -2.11. The van der Waals surface area contributed by atoms with Crippen LogP contribution in [0.5, 0.6) is 17.2 Å². The molecule has 0 atom stereocenters. The van der Waals surface area contributed by atoms with Crippen LogP contribution in [-0.2, 0) is 9.53 Å². The lowest BCUT2D eigenvalue weighted by molar-refractivity contribution is -0.129. The van der Waals surface area contributed by atoms with E-state index in [9.17, 15) is 9.59 Å². The highest BCUT2D eigenvalue weighted by molar-refractivity contribution is 6.31. The Morgan fingerprint density at radius 2 is 1.69 bits per heavy atom. The molecule has 0 amide bonds. The van der Waals surface area contributed by atoms with Gasteiger partial charge < -0.3 is 18.9 Å². The molecule has 9 heteroatoms. The fourth-order valence-corrected chi connectivity index (χ4v) is 3.54. The van der Waals surface area contributed by atoms with E-state index in [-0.39, 0.29) is 17.3 Å². The van der Waals surface area contributed by atoms with Crippen LogP contribution in [0.25, 0.3) is 6.08 Å². The van der Waals surface area contributed by atoms with Crippen molar-refractivity contribution in [3.8, 4) is 17.2 Å². The summed E-state index contributed by atoms with van der Waals surface area (Å²) in [5.41, 5.74) is 1.47. The first-order valence-corrected chi connectivity index (χ1v) is 11.2. The maximum absolute atomic E-state index is 12.5. The molecule has 0 fully saturated rings. The Labute approximate surface area is 211 Å². The first-order chi connectivity index (χ1) is 16.9. The molecule has 0 bridgehead atoms. The fraction of sp³-hybridized carbons (Fsp3) is 0.115. The molecule has 0 saturated heterocycles. The molecule has 178 valence electrons. The summed E-state index contributed by atoms with van der Waals surface area (Å²) in [5, 5.41) is 0.959. The van der Waals surface area contributed by atoms with Crippen LogP contribution in [0, 0.1) is 0 Å². The van der Waals surface area contributed by atoms with Gasteiger partial charge in [-0.05, 0) is 73.2 Å². The quantitative estimate of drug-likeness (QED) is 0.221. The summed E-state index contributed by atoms with van der Waals surface area (Å²) in [4.78, 5) is 29.3. The molecule has 0 saturated carbocycles. The molecule has 1 aliphatic rings. The summed E-state index contributed by atoms with van der Waals surface area (Å²) >= 11 is 12.0. The number of carbonyl (C=O) groups is 2. The van der Waals surface area contributed by atoms with Crippen molar-refractivity contribution >= 4 is 47.1 Å². The van der Waals surface area contributed by atoms with Crippen LogP contribution in [0.4, 0.5) is 0 Å². The third-order valence-corrected chi connectivity index (χ3v) is 5.35. The second-order valence-corrected chi connectivity index (χ2v) is 8.09. The van der Waals surface area contributed by atoms with E-state index in [1.165, 1.54) is 7.11 Å². The first kappa shape index (κ1) is 24.3. The monoisotopic (exact) mass is 511 g/mol. The summed E-state index contributed by atoms with van der Waals surface area (Å²) in [6.07, 6.45) is 1.54. The highest BCUT2D eigenvalue weighted by Gasteiger charge is 2.27. The van der Waals surface area contributed by atoms with Crippen molar-refractivity contribution in [3.63, 3.8) is 0 Å². The van der Waals surface area contributed by atoms with Gasteiger partial charge in [0.2, 0.25) is 5.90 Å². The van der Waals surface area contributed by atoms with E-state index in [2.05, 4.69) is 4.99 Å². The Kier molecular flexibility index (Phi) is 7.39. The zero-order chi connectivity index (χ0) is 24.9. The highest BCUT2D eigenvalue weighted by atomic mass is 35.5. The normalized spacial score (nSPS) is 13.9. The average Bonchev–Trinajstić information content (AvgIpc) is 3.21. The van der Waals surface area contributed by atoms with Gasteiger partial charge in [-0.3, -0.25) is 0 Å². The number of carbonyl (C=O) groups excluding carboxylic acids is 2. The largest absolute Gasteiger partial charge is 0.496 e. The van der Waals surface area contributed by atoms with Crippen molar-refractivity contribution in [2.75, 3.05) is 13.7 Å². The number of halogens is 2. The molecule has 35 heavy (non-hydrogen) atoms. The molecule has 3 aromatic carbocycles. The molecule has 1 heterocycles. The number of rotatable bonds is 7. The Balaban J connectivity index is 1.61. The Morgan fingerprint density at radius 1 is 0.971 bits per heavy atom. The summed E-state index contributed by atoms with van der Waals surface area (Å²) in [5.74, 6) is -0.0742. The van der Waals surface area contributed by atoms with Crippen molar-refractivity contribution in [1.82, 2.24) is 0 Å². The lowest BCUT2D eigenvalue weighted by atomic mass is 10.1. The molecule has 0 N–H and O–H groups in total. The van der Waals surface area contributed by atoms with Crippen molar-refractivity contribution in [2.24, 2.45) is 4.99 Å². The van der Waals surface area contributed by atoms with Gasteiger partial charge in [-0.15, -0.1) is 0 Å². The standard InChI is InChI=1S/C26H19Cl2NO6/c1-3-33-23-13-15(4-10-22(23)34-25(30)16-5-7-17(27)8-6-16)12-20-26(31)35-24(29-20)19-14-18(28)9-11-21(19)32-2/h4-14H,3H2,1-2H3/b20-12-. The molecular weight excluding hydrogens is 493 g/mol. The second kappa shape index (κ2) is 10.6. The van der Waals surface area contributed by atoms with E-state index >= 15 is 0 Å². The van der Waals surface area contributed by atoms with Gasteiger partial charge in [-0.25, -0.2) is 14.6 Å². The first-order valence-electron chi connectivity index (χ1n) is 10.5. The smallest absolute Gasteiger partial charge is 0.363 e. The zero-order valence-electron chi connectivity index (χ0n) is 18.7. The number of aliphatic imine (C=N–C) groups is 1. The Hall–Kier alpha value is -3.81. The number of methoxy groups -OCH3 is 1. The number of benzene rings is 3. The molecule has 7 nitrogen and oxygen atoms in total. The van der Waals surface area contributed by atoms with Gasteiger partial charge in [0.25, 0.3) is 0 Å². The molecular formula is C26H19Cl2NO6. The molecule has 0 unspecified atom stereocenters. The van der Waals surface area contributed by atoms with Crippen molar-refractivity contribution in [2.45, 2.75) is 6.92 Å². The number of hydrogen-bond donors (Lipinski definition) is 0. The lowest BCUT2D eigenvalue weighted by Crippen LogP contribution is -2.09. The molecule has 0 spiro atoms. The van der Waals surface area contributed by atoms with E-state index in [0.29, 0.717) is 44.8 Å². The number of hydrogen-bond acceptors (Lipinski definition) is 7. The third kappa shape index (κ3) is 5.65. The van der Waals surface area contributed by atoms with Crippen LogP contribution in [0.15, 0.2) is 71.4 Å². The van der Waals surface area contributed by atoms with E-state index in [4.69, 9.17) is 42.1 Å². The van der Waals surface area contributed by atoms with E-state index < -0.39 is 11.9 Å². The number of nitrogens with zero attached hydrogens (tertiary/aromatic N) is 1.